The van der Waals surface area contributed by atoms with Crippen LogP contribution in [0.5, 0.6) is 0 Å². The predicted molar refractivity (Wildman–Crippen MR) is 102 cm³/mol. The van der Waals surface area contributed by atoms with Crippen molar-refractivity contribution in [3.8, 4) is 0 Å². The smallest absolute Gasteiger partial charge is 0.253 e. The van der Waals surface area contributed by atoms with Crippen molar-refractivity contribution >= 4 is 15.9 Å². The maximum Gasteiger partial charge on any atom is 0.253 e. The number of hydrogen-bond acceptors (Lipinski definition) is 4. The molecule has 3 rings (SSSR count). The van der Waals surface area contributed by atoms with E-state index in [2.05, 4.69) is 11.9 Å². The van der Waals surface area contributed by atoms with Gasteiger partial charge in [-0.15, -0.1) is 0 Å². The van der Waals surface area contributed by atoms with Crippen molar-refractivity contribution in [1.29, 1.82) is 0 Å². The lowest BCUT2D eigenvalue weighted by atomic mass is 10.1. The van der Waals surface area contributed by atoms with E-state index in [0.717, 1.165) is 25.9 Å². The maximum atomic E-state index is 12.9. The van der Waals surface area contributed by atoms with E-state index >= 15 is 0 Å². The molecule has 142 valence electrons. The summed E-state index contributed by atoms with van der Waals surface area (Å²) >= 11 is 0. The van der Waals surface area contributed by atoms with Crippen LogP contribution in [-0.4, -0.2) is 74.7 Å². The second kappa shape index (κ2) is 7.90. The molecular formula is C19H27N3O3S. The van der Waals surface area contributed by atoms with Crippen LogP contribution in [0.3, 0.4) is 0 Å². The van der Waals surface area contributed by atoms with Crippen molar-refractivity contribution in [2.45, 2.75) is 24.7 Å². The summed E-state index contributed by atoms with van der Waals surface area (Å²) in [5.74, 6) is -0.0910. The van der Waals surface area contributed by atoms with Gasteiger partial charge in [0.1, 0.15) is 0 Å². The minimum absolute atomic E-state index is 0.0910. The molecule has 1 amide bonds. The first-order valence-electron chi connectivity index (χ1n) is 9.11. The molecule has 0 aromatic heterocycles. The molecule has 2 aliphatic heterocycles. The van der Waals surface area contributed by atoms with Gasteiger partial charge in [-0.2, -0.15) is 4.31 Å². The normalized spacial score (nSPS) is 20.5. The number of carbonyl (C=O) groups is 1. The zero-order valence-corrected chi connectivity index (χ0v) is 16.3. The molecule has 6 nitrogen and oxygen atoms in total. The molecule has 0 saturated carbocycles. The van der Waals surface area contributed by atoms with Crippen LogP contribution in [0.1, 0.15) is 30.1 Å². The highest BCUT2D eigenvalue weighted by Crippen LogP contribution is 2.22. The second-order valence-corrected chi connectivity index (χ2v) is 9.08. The van der Waals surface area contributed by atoms with Gasteiger partial charge in [0.15, 0.2) is 0 Å². The van der Waals surface area contributed by atoms with Gasteiger partial charge in [0, 0.05) is 38.3 Å². The van der Waals surface area contributed by atoms with E-state index in [0.29, 0.717) is 31.7 Å². The third kappa shape index (κ3) is 4.16. The molecule has 0 unspecified atom stereocenters. The van der Waals surface area contributed by atoms with Crippen molar-refractivity contribution in [3.05, 3.63) is 41.5 Å². The molecule has 0 N–H and O–H groups in total. The van der Waals surface area contributed by atoms with Crippen LogP contribution in [0.4, 0.5) is 0 Å². The van der Waals surface area contributed by atoms with E-state index in [-0.39, 0.29) is 10.8 Å². The van der Waals surface area contributed by atoms with Gasteiger partial charge in [-0.25, -0.2) is 8.42 Å². The number of benzene rings is 1. The van der Waals surface area contributed by atoms with Gasteiger partial charge in [-0.1, -0.05) is 17.7 Å². The first-order chi connectivity index (χ1) is 12.4. The fourth-order valence-corrected chi connectivity index (χ4v) is 4.77. The molecule has 0 bridgehead atoms. The summed E-state index contributed by atoms with van der Waals surface area (Å²) in [6.45, 7) is 6.08. The molecule has 1 fully saturated rings. The number of likely N-dealkylation sites (N-methyl/N-ethyl adjacent to an activating group) is 1. The molecule has 2 heterocycles. The van der Waals surface area contributed by atoms with Crippen LogP contribution >= 0.6 is 0 Å². The lowest BCUT2D eigenvalue weighted by Crippen LogP contribution is -2.36. The Bertz CT molecular complexity index is 804. The van der Waals surface area contributed by atoms with Gasteiger partial charge < -0.3 is 9.80 Å². The monoisotopic (exact) mass is 377 g/mol. The van der Waals surface area contributed by atoms with E-state index in [4.69, 9.17) is 0 Å². The third-order valence-corrected chi connectivity index (χ3v) is 6.99. The minimum atomic E-state index is -3.58. The van der Waals surface area contributed by atoms with Gasteiger partial charge >= 0.3 is 0 Å². The Hall–Kier alpha value is -1.70. The van der Waals surface area contributed by atoms with Crippen LogP contribution in [0.2, 0.25) is 0 Å². The highest BCUT2D eigenvalue weighted by atomic mass is 32.2. The number of hydrogen-bond donors (Lipinski definition) is 0. The molecule has 2 aliphatic rings. The molecule has 1 saturated heterocycles. The highest BCUT2D eigenvalue weighted by molar-refractivity contribution is 7.89. The number of carbonyl (C=O) groups excluding carboxylic acids is 1. The summed E-state index contributed by atoms with van der Waals surface area (Å²) in [7, 11) is -1.53. The first kappa shape index (κ1) is 19.1. The van der Waals surface area contributed by atoms with Crippen LogP contribution in [-0.2, 0) is 10.0 Å². The zero-order valence-electron chi connectivity index (χ0n) is 15.5. The maximum absolute atomic E-state index is 12.9. The zero-order chi connectivity index (χ0) is 18.7. The summed E-state index contributed by atoms with van der Waals surface area (Å²) in [5.41, 5.74) is 1.66. The molecule has 0 radical (unpaired) electrons. The number of sulfonamides is 1. The third-order valence-electron chi connectivity index (χ3n) is 5.12. The van der Waals surface area contributed by atoms with E-state index in [1.165, 1.54) is 15.9 Å². The summed E-state index contributed by atoms with van der Waals surface area (Å²) in [4.78, 5) is 17.1. The van der Waals surface area contributed by atoms with Gasteiger partial charge in [0.2, 0.25) is 10.0 Å². The number of nitrogens with zero attached hydrogens (tertiary/aromatic N) is 3. The van der Waals surface area contributed by atoms with E-state index in [1.807, 2.05) is 17.9 Å². The van der Waals surface area contributed by atoms with Crippen LogP contribution < -0.4 is 0 Å². The van der Waals surface area contributed by atoms with Crippen molar-refractivity contribution in [2.24, 2.45) is 0 Å². The van der Waals surface area contributed by atoms with Gasteiger partial charge in [-0.05, 0) is 51.6 Å². The fraction of sp³-hybridized carbons (Fsp3) is 0.526. The molecule has 0 aliphatic carbocycles. The Labute approximate surface area is 156 Å². The Kier molecular flexibility index (Phi) is 5.79. The molecule has 1 aromatic rings. The van der Waals surface area contributed by atoms with Crippen molar-refractivity contribution in [1.82, 2.24) is 14.1 Å². The van der Waals surface area contributed by atoms with E-state index < -0.39 is 10.0 Å². The Morgan fingerprint density at radius 3 is 2.62 bits per heavy atom. The fourth-order valence-electron chi connectivity index (χ4n) is 3.34. The number of amides is 1. The SMILES string of the molecule is CC1=CCN(S(=O)(=O)c2cccc(C(=O)N3CCCN(C)CC3)c2)CC1. The van der Waals surface area contributed by atoms with Crippen molar-refractivity contribution in [3.63, 3.8) is 0 Å². The summed E-state index contributed by atoms with van der Waals surface area (Å²) in [6.07, 6.45) is 3.63. The number of rotatable bonds is 3. The van der Waals surface area contributed by atoms with E-state index in [1.54, 1.807) is 18.2 Å². The van der Waals surface area contributed by atoms with Crippen LogP contribution in [0, 0.1) is 0 Å². The molecule has 26 heavy (non-hydrogen) atoms. The molecular weight excluding hydrogens is 350 g/mol. The van der Waals surface area contributed by atoms with Crippen molar-refractivity contribution in [2.75, 3.05) is 46.3 Å². The predicted octanol–water partition coefficient (Wildman–Crippen LogP) is 1.80. The van der Waals surface area contributed by atoms with E-state index in [9.17, 15) is 13.2 Å². The lowest BCUT2D eigenvalue weighted by Gasteiger charge is -2.25. The van der Waals surface area contributed by atoms with Gasteiger partial charge in [0.05, 0.1) is 4.90 Å². The Balaban J connectivity index is 1.80. The Morgan fingerprint density at radius 1 is 1.08 bits per heavy atom. The topological polar surface area (TPSA) is 60.9 Å². The molecule has 1 aromatic carbocycles. The lowest BCUT2D eigenvalue weighted by molar-refractivity contribution is 0.0762. The van der Waals surface area contributed by atoms with Crippen LogP contribution in [0.25, 0.3) is 0 Å². The first-order valence-corrected chi connectivity index (χ1v) is 10.6. The summed E-state index contributed by atoms with van der Waals surface area (Å²) < 4.78 is 27.3. The standard InChI is InChI=1S/C19H27N3O3S/c1-16-7-11-22(12-8-16)26(24,25)18-6-3-5-17(15-18)19(23)21-10-4-9-20(2)13-14-21/h3,5-7,15H,4,8-14H2,1-2H3. The van der Waals surface area contributed by atoms with Crippen LogP contribution in [0.15, 0.2) is 40.8 Å². The summed E-state index contributed by atoms with van der Waals surface area (Å²) in [5, 5.41) is 0. The molecule has 0 spiro atoms. The van der Waals surface area contributed by atoms with Gasteiger partial charge in [-0.3, -0.25) is 4.79 Å². The minimum Gasteiger partial charge on any atom is -0.337 e. The largest absolute Gasteiger partial charge is 0.337 e. The molecule has 0 atom stereocenters. The average Bonchev–Trinajstić information content (AvgIpc) is 2.86. The quantitative estimate of drug-likeness (QED) is 0.754. The van der Waals surface area contributed by atoms with Crippen molar-refractivity contribution < 1.29 is 13.2 Å². The average molecular weight is 378 g/mol. The Morgan fingerprint density at radius 2 is 1.88 bits per heavy atom. The second-order valence-electron chi connectivity index (χ2n) is 7.14. The summed E-state index contributed by atoms with van der Waals surface area (Å²) in [6, 6.07) is 6.47. The molecule has 7 heteroatoms. The highest BCUT2D eigenvalue weighted by Gasteiger charge is 2.27. The van der Waals surface area contributed by atoms with Gasteiger partial charge in [0.25, 0.3) is 5.91 Å².